The fourth-order valence-corrected chi connectivity index (χ4v) is 7.60. The molecule has 2 heteroatoms. The third-order valence-corrected chi connectivity index (χ3v) is 9.19. The summed E-state index contributed by atoms with van der Waals surface area (Å²) in [6.45, 7) is 6.72. The monoisotopic (exact) mass is 318 g/mol. The van der Waals surface area contributed by atoms with Crippen LogP contribution < -0.4 is 0 Å². The zero-order chi connectivity index (χ0) is 16.4. The van der Waals surface area contributed by atoms with Gasteiger partial charge in [-0.25, -0.2) is 0 Å². The zero-order valence-corrected chi connectivity index (χ0v) is 15.2. The number of fused-ring (bicyclic) bond motifs is 5. The van der Waals surface area contributed by atoms with E-state index < -0.39 is 0 Å². The van der Waals surface area contributed by atoms with Gasteiger partial charge in [0.2, 0.25) is 0 Å². The molecule has 4 saturated carbocycles. The van der Waals surface area contributed by atoms with Crippen LogP contribution in [-0.4, -0.2) is 17.0 Å². The molecule has 0 radical (unpaired) electrons. The fourth-order valence-electron chi connectivity index (χ4n) is 7.60. The molecule has 23 heavy (non-hydrogen) atoms. The highest BCUT2D eigenvalue weighted by atomic mass is 16.3. The van der Waals surface area contributed by atoms with Gasteiger partial charge < -0.3 is 5.11 Å². The van der Waals surface area contributed by atoms with Crippen LogP contribution in [0.15, 0.2) is 0 Å². The van der Waals surface area contributed by atoms with E-state index in [-0.39, 0.29) is 11.5 Å². The van der Waals surface area contributed by atoms with Crippen LogP contribution in [-0.2, 0) is 4.79 Å². The lowest BCUT2D eigenvalue weighted by molar-refractivity contribution is -0.138. The van der Waals surface area contributed by atoms with Gasteiger partial charge in [-0.15, -0.1) is 0 Å². The van der Waals surface area contributed by atoms with Crippen LogP contribution in [0.25, 0.3) is 0 Å². The molecule has 8 atom stereocenters. The Bertz CT molecular complexity index is 500. The number of carbonyl (C=O) groups excluding carboxylic acids is 1. The standard InChI is InChI=1S/C21H34O2/c1-13(22)14-8-10-20(2)15(12-14)4-5-16-17-6-7-19(23)21(17,3)11-9-18(16)20/h14-19,23H,4-12H2,1-3H3/t14-,15+,16-,17+,18-,19-,20+,21+/m0/s1. The van der Waals surface area contributed by atoms with Crippen molar-refractivity contribution >= 4 is 5.78 Å². The van der Waals surface area contributed by atoms with Crippen molar-refractivity contribution in [1.82, 2.24) is 0 Å². The van der Waals surface area contributed by atoms with Gasteiger partial charge in [0, 0.05) is 5.92 Å². The molecular formula is C21H34O2. The minimum atomic E-state index is -0.0626. The molecule has 0 aromatic carbocycles. The first-order valence-electron chi connectivity index (χ1n) is 10.0. The predicted octanol–water partition coefficient (Wildman–Crippen LogP) is 4.60. The predicted molar refractivity (Wildman–Crippen MR) is 91.9 cm³/mol. The smallest absolute Gasteiger partial charge is 0.132 e. The first-order chi connectivity index (χ1) is 10.9. The SMILES string of the molecule is CC(=O)[C@H]1CC[C@]2(C)[C@H](CC[C@H]3[C@H]4CC[C@H](O)[C@]4(C)CC[C@@H]32)C1. The molecule has 0 amide bonds. The molecule has 0 spiro atoms. The topological polar surface area (TPSA) is 37.3 Å². The van der Waals surface area contributed by atoms with Crippen LogP contribution in [0.5, 0.6) is 0 Å². The molecule has 0 saturated heterocycles. The highest BCUT2D eigenvalue weighted by molar-refractivity contribution is 5.78. The quantitative estimate of drug-likeness (QED) is 0.767. The van der Waals surface area contributed by atoms with Gasteiger partial charge in [0.15, 0.2) is 0 Å². The molecule has 4 fully saturated rings. The summed E-state index contributed by atoms with van der Waals surface area (Å²) in [4.78, 5) is 11.9. The summed E-state index contributed by atoms with van der Waals surface area (Å²) in [5.74, 6) is 3.95. The molecule has 4 aliphatic carbocycles. The van der Waals surface area contributed by atoms with Crippen LogP contribution in [0.1, 0.15) is 78.6 Å². The van der Waals surface area contributed by atoms with Gasteiger partial charge in [-0.05, 0) is 99.2 Å². The van der Waals surface area contributed by atoms with E-state index in [1.54, 1.807) is 6.92 Å². The van der Waals surface area contributed by atoms with E-state index in [1.807, 2.05) is 0 Å². The average Bonchev–Trinajstić information content (AvgIpc) is 2.82. The maximum atomic E-state index is 11.9. The third-order valence-electron chi connectivity index (χ3n) is 9.19. The number of hydrogen-bond acceptors (Lipinski definition) is 2. The summed E-state index contributed by atoms with van der Waals surface area (Å²) >= 11 is 0. The van der Waals surface area contributed by atoms with E-state index in [9.17, 15) is 9.90 Å². The maximum Gasteiger partial charge on any atom is 0.132 e. The lowest BCUT2D eigenvalue weighted by Gasteiger charge is -2.60. The third kappa shape index (κ3) is 2.19. The summed E-state index contributed by atoms with van der Waals surface area (Å²) in [7, 11) is 0. The first-order valence-corrected chi connectivity index (χ1v) is 10.0. The van der Waals surface area contributed by atoms with E-state index in [2.05, 4.69) is 13.8 Å². The highest BCUT2D eigenvalue weighted by Crippen LogP contribution is 2.66. The summed E-state index contributed by atoms with van der Waals surface area (Å²) in [5.41, 5.74) is 0.657. The van der Waals surface area contributed by atoms with Crippen LogP contribution in [0, 0.1) is 40.4 Å². The molecule has 0 unspecified atom stereocenters. The number of carbonyl (C=O) groups is 1. The van der Waals surface area contributed by atoms with Gasteiger partial charge in [-0.3, -0.25) is 4.79 Å². The van der Waals surface area contributed by atoms with Gasteiger partial charge in [-0.1, -0.05) is 13.8 Å². The molecular weight excluding hydrogens is 284 g/mol. The van der Waals surface area contributed by atoms with Crippen LogP contribution >= 0.6 is 0 Å². The maximum absolute atomic E-state index is 11.9. The van der Waals surface area contributed by atoms with Crippen molar-refractivity contribution < 1.29 is 9.90 Å². The Labute approximate surface area is 141 Å². The second-order valence-corrected chi connectivity index (χ2v) is 9.88. The molecule has 4 rings (SSSR count). The summed E-state index contributed by atoms with van der Waals surface area (Å²) in [6.07, 6.45) is 10.9. The molecule has 0 heterocycles. The fraction of sp³-hybridized carbons (Fsp3) is 0.952. The summed E-state index contributed by atoms with van der Waals surface area (Å²) < 4.78 is 0. The molecule has 4 aliphatic rings. The Morgan fingerprint density at radius 2 is 1.61 bits per heavy atom. The number of aliphatic hydroxyl groups is 1. The Hall–Kier alpha value is -0.370. The number of aliphatic hydroxyl groups excluding tert-OH is 1. The minimum Gasteiger partial charge on any atom is -0.393 e. The van der Waals surface area contributed by atoms with Gasteiger partial charge in [0.1, 0.15) is 5.78 Å². The van der Waals surface area contributed by atoms with E-state index in [1.165, 1.54) is 38.5 Å². The molecule has 0 aromatic rings. The number of Topliss-reactive ketones (excluding diaryl/α,β-unsaturated/α-hetero) is 1. The first kappa shape index (κ1) is 16.1. The molecule has 0 bridgehead atoms. The number of hydrogen-bond donors (Lipinski definition) is 1. The van der Waals surface area contributed by atoms with Gasteiger partial charge >= 0.3 is 0 Å². The Morgan fingerprint density at radius 3 is 2.35 bits per heavy atom. The van der Waals surface area contributed by atoms with Crippen molar-refractivity contribution in [3.63, 3.8) is 0 Å². The second-order valence-electron chi connectivity index (χ2n) is 9.88. The zero-order valence-electron chi connectivity index (χ0n) is 15.2. The normalized spacial score (nSPS) is 55.7. The van der Waals surface area contributed by atoms with Crippen molar-refractivity contribution in [2.24, 2.45) is 40.4 Å². The van der Waals surface area contributed by atoms with Crippen LogP contribution in [0.4, 0.5) is 0 Å². The Kier molecular flexibility index (Phi) is 3.72. The number of ketones is 1. The van der Waals surface area contributed by atoms with Crippen LogP contribution in [0.3, 0.4) is 0 Å². The van der Waals surface area contributed by atoms with E-state index in [0.29, 0.717) is 17.1 Å². The number of rotatable bonds is 1. The van der Waals surface area contributed by atoms with Crippen LogP contribution in [0.2, 0.25) is 0 Å². The summed E-state index contributed by atoms with van der Waals surface area (Å²) in [5, 5.41) is 10.5. The van der Waals surface area contributed by atoms with Crippen molar-refractivity contribution in [3.05, 3.63) is 0 Å². The van der Waals surface area contributed by atoms with E-state index in [0.717, 1.165) is 42.9 Å². The van der Waals surface area contributed by atoms with Gasteiger partial charge in [0.05, 0.1) is 6.10 Å². The molecule has 0 aromatic heterocycles. The summed E-state index contributed by atoms with van der Waals surface area (Å²) in [6, 6.07) is 0. The van der Waals surface area contributed by atoms with Crippen molar-refractivity contribution in [2.75, 3.05) is 0 Å². The molecule has 130 valence electrons. The van der Waals surface area contributed by atoms with Crippen molar-refractivity contribution in [1.29, 1.82) is 0 Å². The Balaban J connectivity index is 1.58. The highest BCUT2D eigenvalue weighted by Gasteiger charge is 2.60. The van der Waals surface area contributed by atoms with Gasteiger partial charge in [0.25, 0.3) is 0 Å². The largest absolute Gasteiger partial charge is 0.393 e. The Morgan fingerprint density at radius 1 is 0.913 bits per heavy atom. The molecule has 0 aliphatic heterocycles. The van der Waals surface area contributed by atoms with Gasteiger partial charge in [-0.2, -0.15) is 0 Å². The lowest BCUT2D eigenvalue weighted by Crippen LogP contribution is -2.54. The van der Waals surface area contributed by atoms with Crippen molar-refractivity contribution in [2.45, 2.75) is 84.7 Å². The van der Waals surface area contributed by atoms with E-state index in [4.69, 9.17) is 0 Å². The van der Waals surface area contributed by atoms with E-state index >= 15 is 0 Å². The van der Waals surface area contributed by atoms with Crippen molar-refractivity contribution in [3.8, 4) is 0 Å². The average molecular weight is 319 g/mol. The molecule has 2 nitrogen and oxygen atoms in total. The molecule has 1 N–H and O–H groups in total. The minimum absolute atomic E-state index is 0.0626. The lowest BCUT2D eigenvalue weighted by atomic mass is 9.44. The second kappa shape index (κ2) is 5.31.